The predicted molar refractivity (Wildman–Crippen MR) is 82.5 cm³/mol. The number of methoxy groups -OCH3 is 1. The second-order valence-corrected chi connectivity index (χ2v) is 6.11. The van der Waals surface area contributed by atoms with Gasteiger partial charge in [-0.15, -0.1) is 0 Å². The van der Waals surface area contributed by atoms with Crippen LogP contribution < -0.4 is 14.8 Å². The van der Waals surface area contributed by atoms with E-state index < -0.39 is 0 Å². The maximum Gasteiger partial charge on any atom is 0.175 e. The first kappa shape index (κ1) is 15.6. The van der Waals surface area contributed by atoms with Gasteiger partial charge in [0.05, 0.1) is 24.8 Å². The van der Waals surface area contributed by atoms with Crippen LogP contribution in [-0.2, 0) is 11.3 Å². The lowest BCUT2D eigenvalue weighted by Gasteiger charge is -2.24. The van der Waals surface area contributed by atoms with Crippen LogP contribution in [0.5, 0.6) is 11.5 Å². The summed E-state index contributed by atoms with van der Waals surface area (Å²) in [5, 5.41) is 3.56. The van der Waals surface area contributed by atoms with Crippen LogP contribution in [-0.4, -0.2) is 32.5 Å². The second kappa shape index (κ2) is 6.78. The molecule has 1 aliphatic rings. The summed E-state index contributed by atoms with van der Waals surface area (Å²) in [5.74, 6) is 1.51. The van der Waals surface area contributed by atoms with E-state index in [9.17, 15) is 0 Å². The molecule has 1 atom stereocenters. The predicted octanol–water partition coefficient (Wildman–Crippen LogP) is 3.13. The first-order valence-electron chi connectivity index (χ1n) is 6.90. The number of benzene rings is 1. The molecule has 20 heavy (non-hydrogen) atoms. The van der Waals surface area contributed by atoms with Crippen molar-refractivity contribution in [2.24, 2.45) is 0 Å². The molecule has 1 aromatic carbocycles. The molecule has 1 unspecified atom stereocenters. The van der Waals surface area contributed by atoms with Gasteiger partial charge in [-0.25, -0.2) is 0 Å². The van der Waals surface area contributed by atoms with Gasteiger partial charge in [-0.05, 0) is 53.9 Å². The normalized spacial score (nSPS) is 22.0. The molecule has 1 heterocycles. The van der Waals surface area contributed by atoms with E-state index in [2.05, 4.69) is 34.2 Å². The monoisotopic (exact) mass is 343 g/mol. The third kappa shape index (κ3) is 3.65. The molecule has 0 saturated carbocycles. The fourth-order valence-electron chi connectivity index (χ4n) is 2.28. The molecule has 4 nitrogen and oxygen atoms in total. The molecule has 1 N–H and O–H groups in total. The van der Waals surface area contributed by atoms with E-state index in [-0.39, 0.29) is 5.54 Å². The molecule has 0 radical (unpaired) electrons. The molecule has 0 bridgehead atoms. The molecular weight excluding hydrogens is 322 g/mol. The molecule has 0 spiro atoms. The van der Waals surface area contributed by atoms with Crippen LogP contribution >= 0.6 is 15.9 Å². The summed E-state index contributed by atoms with van der Waals surface area (Å²) in [7, 11) is 1.66. The fraction of sp³-hybridized carbons (Fsp3) is 0.600. The Morgan fingerprint density at radius 3 is 2.85 bits per heavy atom. The Bertz CT molecular complexity index is 459. The lowest BCUT2D eigenvalue weighted by Crippen LogP contribution is -2.42. The van der Waals surface area contributed by atoms with E-state index in [1.165, 1.54) is 0 Å². The van der Waals surface area contributed by atoms with Crippen molar-refractivity contribution in [1.29, 1.82) is 0 Å². The molecular formula is C15H22BrNO3. The summed E-state index contributed by atoms with van der Waals surface area (Å²) in [5.41, 5.74) is 1.23. The third-order valence-corrected chi connectivity index (χ3v) is 4.11. The molecule has 5 heteroatoms. The van der Waals surface area contributed by atoms with Gasteiger partial charge >= 0.3 is 0 Å². The summed E-state index contributed by atoms with van der Waals surface area (Å²) in [6.07, 6.45) is 1.04. The lowest BCUT2D eigenvalue weighted by atomic mass is 10.0. The Kier molecular flexibility index (Phi) is 5.29. The highest BCUT2D eigenvalue weighted by molar-refractivity contribution is 9.10. The van der Waals surface area contributed by atoms with Crippen molar-refractivity contribution >= 4 is 15.9 Å². The fourth-order valence-corrected chi connectivity index (χ4v) is 2.89. The van der Waals surface area contributed by atoms with Crippen molar-refractivity contribution in [1.82, 2.24) is 5.32 Å². The van der Waals surface area contributed by atoms with Crippen LogP contribution in [0.1, 0.15) is 25.8 Å². The average molecular weight is 344 g/mol. The van der Waals surface area contributed by atoms with Gasteiger partial charge in [0.15, 0.2) is 11.5 Å². The minimum absolute atomic E-state index is 0.0678. The summed E-state index contributed by atoms with van der Waals surface area (Å²) >= 11 is 3.55. The van der Waals surface area contributed by atoms with Crippen molar-refractivity contribution in [2.75, 3.05) is 26.9 Å². The van der Waals surface area contributed by atoms with Gasteiger partial charge in [0.1, 0.15) is 0 Å². The number of halogens is 1. The first-order valence-corrected chi connectivity index (χ1v) is 7.69. The zero-order valence-corrected chi connectivity index (χ0v) is 13.9. The molecule has 112 valence electrons. The lowest BCUT2D eigenvalue weighted by molar-refractivity contribution is 0.171. The molecule has 0 aliphatic carbocycles. The Balaban J connectivity index is 2.10. The molecule has 0 amide bonds. The maximum atomic E-state index is 5.60. The highest BCUT2D eigenvalue weighted by Crippen LogP contribution is 2.36. The number of hydrogen-bond acceptors (Lipinski definition) is 4. The van der Waals surface area contributed by atoms with Gasteiger partial charge in [-0.3, -0.25) is 0 Å². The molecule has 1 aliphatic heterocycles. The maximum absolute atomic E-state index is 5.60. The molecule has 1 fully saturated rings. The van der Waals surface area contributed by atoms with Crippen molar-refractivity contribution in [3.8, 4) is 11.5 Å². The Morgan fingerprint density at radius 1 is 1.45 bits per heavy atom. The molecule has 1 aromatic rings. The van der Waals surface area contributed by atoms with Crippen LogP contribution in [0.2, 0.25) is 0 Å². The van der Waals surface area contributed by atoms with Crippen LogP contribution in [0.25, 0.3) is 0 Å². The van der Waals surface area contributed by atoms with Crippen LogP contribution in [0, 0.1) is 0 Å². The largest absolute Gasteiger partial charge is 0.493 e. The van der Waals surface area contributed by atoms with E-state index >= 15 is 0 Å². The summed E-state index contributed by atoms with van der Waals surface area (Å²) in [4.78, 5) is 0. The quantitative estimate of drug-likeness (QED) is 0.861. The van der Waals surface area contributed by atoms with Gasteiger partial charge in [0, 0.05) is 18.7 Å². The van der Waals surface area contributed by atoms with Gasteiger partial charge in [0.2, 0.25) is 0 Å². The molecule has 2 rings (SSSR count). The summed E-state index contributed by atoms with van der Waals surface area (Å²) < 4.78 is 17.4. The van der Waals surface area contributed by atoms with E-state index in [1.54, 1.807) is 7.11 Å². The number of hydrogen-bond donors (Lipinski definition) is 1. The van der Waals surface area contributed by atoms with E-state index in [1.807, 2.05) is 13.0 Å². The SMILES string of the molecule is CCOc1c(Br)cc(CNC2(C)CCOC2)cc1OC. The standard InChI is InChI=1S/C15H22BrNO3/c1-4-20-14-12(16)7-11(8-13(14)18-3)9-17-15(2)5-6-19-10-15/h7-8,17H,4-6,9-10H2,1-3H3. The van der Waals surface area contributed by atoms with E-state index in [4.69, 9.17) is 14.2 Å². The van der Waals surface area contributed by atoms with E-state index in [0.29, 0.717) is 6.61 Å². The minimum atomic E-state index is 0.0678. The first-order chi connectivity index (χ1) is 9.58. The van der Waals surface area contributed by atoms with Crippen LogP contribution in [0.3, 0.4) is 0 Å². The Morgan fingerprint density at radius 2 is 2.25 bits per heavy atom. The van der Waals surface area contributed by atoms with Crippen molar-refractivity contribution < 1.29 is 14.2 Å². The highest BCUT2D eigenvalue weighted by Gasteiger charge is 2.28. The summed E-state index contributed by atoms with van der Waals surface area (Å²) in [6.45, 7) is 7.15. The average Bonchev–Trinajstić information content (AvgIpc) is 2.86. The smallest absolute Gasteiger partial charge is 0.175 e. The Hall–Kier alpha value is -0.780. The minimum Gasteiger partial charge on any atom is -0.493 e. The zero-order valence-electron chi connectivity index (χ0n) is 12.3. The van der Waals surface area contributed by atoms with Crippen molar-refractivity contribution in [3.05, 3.63) is 22.2 Å². The third-order valence-electron chi connectivity index (χ3n) is 3.52. The second-order valence-electron chi connectivity index (χ2n) is 5.26. The van der Waals surface area contributed by atoms with Crippen molar-refractivity contribution in [2.45, 2.75) is 32.4 Å². The highest BCUT2D eigenvalue weighted by atomic mass is 79.9. The molecule has 1 saturated heterocycles. The van der Waals surface area contributed by atoms with Gasteiger partial charge < -0.3 is 19.5 Å². The van der Waals surface area contributed by atoms with Gasteiger partial charge in [0.25, 0.3) is 0 Å². The molecule has 0 aromatic heterocycles. The Labute approximate surface area is 128 Å². The van der Waals surface area contributed by atoms with Gasteiger partial charge in [-0.2, -0.15) is 0 Å². The van der Waals surface area contributed by atoms with Crippen LogP contribution in [0.4, 0.5) is 0 Å². The number of ether oxygens (including phenoxy) is 3. The number of nitrogens with one attached hydrogen (secondary N) is 1. The number of rotatable bonds is 6. The zero-order chi connectivity index (χ0) is 14.6. The van der Waals surface area contributed by atoms with Gasteiger partial charge in [-0.1, -0.05) is 0 Å². The van der Waals surface area contributed by atoms with Crippen molar-refractivity contribution in [3.63, 3.8) is 0 Å². The topological polar surface area (TPSA) is 39.7 Å². The summed E-state index contributed by atoms with van der Waals surface area (Å²) in [6, 6.07) is 4.08. The van der Waals surface area contributed by atoms with Crippen LogP contribution in [0.15, 0.2) is 16.6 Å². The van der Waals surface area contributed by atoms with E-state index in [0.717, 1.165) is 47.7 Å².